The Morgan fingerprint density at radius 1 is 1.19 bits per heavy atom. The van der Waals surface area contributed by atoms with Crippen molar-refractivity contribution in [2.45, 2.75) is 37.4 Å². The van der Waals surface area contributed by atoms with Gasteiger partial charge in [-0.2, -0.15) is 0 Å². The lowest BCUT2D eigenvalue weighted by atomic mass is 9.95. The molecule has 1 unspecified atom stereocenters. The number of amides is 1. The van der Waals surface area contributed by atoms with Gasteiger partial charge >= 0.3 is 0 Å². The number of hydrogen-bond acceptors (Lipinski definition) is 6. The van der Waals surface area contributed by atoms with Crippen molar-refractivity contribution in [3.05, 3.63) is 0 Å². The third-order valence-electron chi connectivity index (χ3n) is 2.54. The zero-order valence-corrected chi connectivity index (χ0v) is 8.91. The molecule has 5 atom stereocenters. The Bertz CT molecular complexity index is 246. The molecule has 1 aliphatic heterocycles. The van der Waals surface area contributed by atoms with Crippen LogP contribution in [0.2, 0.25) is 0 Å². The summed E-state index contributed by atoms with van der Waals surface area (Å²) in [6, 6.07) is 0. The first-order chi connectivity index (χ1) is 7.47. The lowest BCUT2D eigenvalue weighted by molar-refractivity contribution is -0.227. The van der Waals surface area contributed by atoms with Gasteiger partial charge in [-0.3, -0.25) is 4.79 Å². The van der Waals surface area contributed by atoms with Crippen LogP contribution in [0.1, 0.15) is 6.92 Å². The van der Waals surface area contributed by atoms with Crippen molar-refractivity contribution in [1.29, 1.82) is 0 Å². The SMILES string of the molecule is CC(=O)NCC1O[C@H](CO)[C@@H](O)[C@H](O)[C@@H]1O. The van der Waals surface area contributed by atoms with Crippen molar-refractivity contribution in [2.24, 2.45) is 0 Å². The van der Waals surface area contributed by atoms with E-state index in [4.69, 9.17) is 9.84 Å². The highest BCUT2D eigenvalue weighted by Gasteiger charge is 2.43. The van der Waals surface area contributed by atoms with Gasteiger partial charge in [-0.1, -0.05) is 0 Å². The smallest absolute Gasteiger partial charge is 0.216 e. The van der Waals surface area contributed by atoms with Gasteiger partial charge in [-0.25, -0.2) is 0 Å². The largest absolute Gasteiger partial charge is 0.394 e. The summed E-state index contributed by atoms with van der Waals surface area (Å²) in [5, 5.41) is 39.8. The number of aliphatic hydroxyl groups excluding tert-OH is 4. The Balaban J connectivity index is 2.60. The summed E-state index contributed by atoms with van der Waals surface area (Å²) >= 11 is 0. The Labute approximate surface area is 92.7 Å². The molecule has 1 saturated heterocycles. The molecular formula is C9H17NO6. The van der Waals surface area contributed by atoms with Crippen molar-refractivity contribution in [2.75, 3.05) is 13.2 Å². The fourth-order valence-corrected chi connectivity index (χ4v) is 1.59. The van der Waals surface area contributed by atoms with Gasteiger partial charge in [0, 0.05) is 13.5 Å². The molecule has 16 heavy (non-hydrogen) atoms. The van der Waals surface area contributed by atoms with E-state index < -0.39 is 37.1 Å². The minimum atomic E-state index is -1.40. The van der Waals surface area contributed by atoms with E-state index in [2.05, 4.69) is 5.32 Å². The maximum absolute atomic E-state index is 10.7. The van der Waals surface area contributed by atoms with E-state index in [1.54, 1.807) is 0 Å². The fraction of sp³-hybridized carbons (Fsp3) is 0.889. The number of aliphatic hydroxyl groups is 4. The molecule has 0 spiro atoms. The van der Waals surface area contributed by atoms with Gasteiger partial charge in [0.15, 0.2) is 0 Å². The second-order valence-corrected chi connectivity index (χ2v) is 3.80. The molecule has 7 heteroatoms. The van der Waals surface area contributed by atoms with Crippen LogP contribution in [0.5, 0.6) is 0 Å². The van der Waals surface area contributed by atoms with Gasteiger partial charge in [-0.15, -0.1) is 0 Å². The van der Waals surface area contributed by atoms with Gasteiger partial charge in [0.05, 0.1) is 6.61 Å². The van der Waals surface area contributed by atoms with Gasteiger partial charge in [0.1, 0.15) is 30.5 Å². The molecule has 0 aromatic rings. The van der Waals surface area contributed by atoms with E-state index in [1.165, 1.54) is 6.92 Å². The topological polar surface area (TPSA) is 119 Å². The Morgan fingerprint density at radius 3 is 2.25 bits per heavy atom. The number of nitrogens with one attached hydrogen (secondary N) is 1. The highest BCUT2D eigenvalue weighted by Crippen LogP contribution is 2.20. The van der Waals surface area contributed by atoms with Crippen LogP contribution in [0.15, 0.2) is 0 Å². The molecule has 1 heterocycles. The third-order valence-corrected chi connectivity index (χ3v) is 2.54. The highest BCUT2D eigenvalue weighted by molar-refractivity contribution is 5.72. The van der Waals surface area contributed by atoms with Crippen molar-refractivity contribution in [3.63, 3.8) is 0 Å². The molecule has 0 aliphatic carbocycles. The number of ether oxygens (including phenoxy) is 1. The highest BCUT2D eigenvalue weighted by atomic mass is 16.5. The van der Waals surface area contributed by atoms with E-state index in [9.17, 15) is 20.1 Å². The molecule has 0 aromatic heterocycles. The zero-order valence-electron chi connectivity index (χ0n) is 8.91. The van der Waals surface area contributed by atoms with E-state index in [1.807, 2.05) is 0 Å². The summed E-state index contributed by atoms with van der Waals surface area (Å²) in [7, 11) is 0. The monoisotopic (exact) mass is 235 g/mol. The van der Waals surface area contributed by atoms with E-state index in [0.29, 0.717) is 0 Å². The van der Waals surface area contributed by atoms with Crippen LogP contribution in [-0.2, 0) is 9.53 Å². The molecule has 0 saturated carbocycles. The Kier molecular flexibility index (Phi) is 4.63. The fourth-order valence-electron chi connectivity index (χ4n) is 1.59. The number of rotatable bonds is 3. The molecule has 1 rings (SSSR count). The van der Waals surface area contributed by atoms with Crippen LogP contribution >= 0.6 is 0 Å². The third kappa shape index (κ3) is 2.89. The van der Waals surface area contributed by atoms with E-state index in [0.717, 1.165) is 0 Å². The second-order valence-electron chi connectivity index (χ2n) is 3.80. The minimum Gasteiger partial charge on any atom is -0.394 e. The lowest BCUT2D eigenvalue weighted by Gasteiger charge is -2.40. The first-order valence-corrected chi connectivity index (χ1v) is 5.02. The molecule has 94 valence electrons. The predicted molar refractivity (Wildman–Crippen MR) is 52.5 cm³/mol. The molecule has 0 bridgehead atoms. The average Bonchev–Trinajstić information content (AvgIpc) is 2.25. The van der Waals surface area contributed by atoms with Gasteiger partial charge in [0.2, 0.25) is 5.91 Å². The van der Waals surface area contributed by atoms with Gasteiger partial charge in [-0.05, 0) is 0 Å². The van der Waals surface area contributed by atoms with Crippen LogP contribution in [0.4, 0.5) is 0 Å². The maximum Gasteiger partial charge on any atom is 0.216 e. The molecule has 1 amide bonds. The molecule has 1 aliphatic rings. The molecular weight excluding hydrogens is 218 g/mol. The Morgan fingerprint density at radius 2 is 1.75 bits per heavy atom. The van der Waals surface area contributed by atoms with Crippen LogP contribution in [0.25, 0.3) is 0 Å². The summed E-state index contributed by atoms with van der Waals surface area (Å²) in [6.07, 6.45) is -5.85. The van der Waals surface area contributed by atoms with Crippen LogP contribution in [0, 0.1) is 0 Å². The molecule has 0 aromatic carbocycles. The Hall–Kier alpha value is -0.730. The summed E-state index contributed by atoms with van der Waals surface area (Å²) in [5.74, 6) is -0.294. The standard InChI is InChI=1S/C9H17NO6/c1-4(12)10-2-5-7(13)9(15)8(14)6(3-11)16-5/h5-9,11,13-15H,2-3H2,1H3,(H,10,12)/t5?,6-,7-,8-,9-/m1/s1. The first kappa shape index (κ1) is 13.3. The molecule has 5 N–H and O–H groups in total. The second kappa shape index (κ2) is 5.55. The minimum absolute atomic E-state index is 0.0107. The van der Waals surface area contributed by atoms with E-state index in [-0.39, 0.29) is 12.5 Å². The van der Waals surface area contributed by atoms with Crippen molar-refractivity contribution < 1.29 is 30.0 Å². The van der Waals surface area contributed by atoms with Crippen LogP contribution in [-0.4, -0.2) is 70.0 Å². The summed E-state index contributed by atoms with van der Waals surface area (Å²) in [5.41, 5.74) is 0. The summed E-state index contributed by atoms with van der Waals surface area (Å²) < 4.78 is 5.16. The summed E-state index contributed by atoms with van der Waals surface area (Å²) in [6.45, 7) is 0.850. The maximum atomic E-state index is 10.7. The van der Waals surface area contributed by atoms with Crippen molar-refractivity contribution in [3.8, 4) is 0 Å². The number of carbonyl (C=O) groups excluding carboxylic acids is 1. The normalized spacial score (nSPS) is 39.4. The first-order valence-electron chi connectivity index (χ1n) is 5.02. The van der Waals surface area contributed by atoms with Gasteiger partial charge in [0.25, 0.3) is 0 Å². The van der Waals surface area contributed by atoms with Crippen molar-refractivity contribution >= 4 is 5.91 Å². The summed E-state index contributed by atoms with van der Waals surface area (Å²) in [4.78, 5) is 10.7. The van der Waals surface area contributed by atoms with Crippen LogP contribution < -0.4 is 5.32 Å². The quantitative estimate of drug-likeness (QED) is 0.355. The molecule has 0 radical (unpaired) electrons. The molecule has 7 nitrogen and oxygen atoms in total. The predicted octanol–water partition coefficient (Wildman–Crippen LogP) is -3.04. The number of hydrogen-bond donors (Lipinski definition) is 5. The number of carbonyl (C=O) groups is 1. The van der Waals surface area contributed by atoms with E-state index >= 15 is 0 Å². The van der Waals surface area contributed by atoms with Crippen LogP contribution in [0.3, 0.4) is 0 Å². The van der Waals surface area contributed by atoms with Crippen molar-refractivity contribution in [1.82, 2.24) is 5.32 Å². The zero-order chi connectivity index (χ0) is 12.3. The molecule has 1 fully saturated rings. The van der Waals surface area contributed by atoms with Gasteiger partial charge < -0.3 is 30.5 Å². The lowest BCUT2D eigenvalue weighted by Crippen LogP contribution is -2.60. The average molecular weight is 235 g/mol.